The Labute approximate surface area is 117 Å². The molecule has 0 aromatic heterocycles. The maximum absolute atomic E-state index is 12.8. The summed E-state index contributed by atoms with van der Waals surface area (Å²) in [6, 6.07) is 12.6. The largest absolute Gasteiger partial charge is 0.293 e. The topological polar surface area (TPSA) is 51.2 Å². The maximum Gasteiger partial charge on any atom is 0.188 e. The highest BCUT2D eigenvalue weighted by molar-refractivity contribution is 7.92. The first kappa shape index (κ1) is 14.4. The highest BCUT2D eigenvalue weighted by atomic mass is 32.2. The number of halogens is 1. The smallest absolute Gasteiger partial charge is 0.188 e. The monoisotopic (exact) mass is 292 g/mol. The second-order valence-electron chi connectivity index (χ2n) is 4.37. The average molecular weight is 292 g/mol. The highest BCUT2D eigenvalue weighted by Gasteiger charge is 2.30. The Balaban J connectivity index is 2.33. The average Bonchev–Trinajstić information content (AvgIpc) is 2.47. The van der Waals surface area contributed by atoms with Gasteiger partial charge in [0.25, 0.3) is 0 Å². The maximum atomic E-state index is 12.8. The van der Waals surface area contributed by atoms with Crippen LogP contribution < -0.4 is 0 Å². The van der Waals surface area contributed by atoms with Crippen molar-refractivity contribution in [2.24, 2.45) is 0 Å². The van der Waals surface area contributed by atoms with Crippen LogP contribution in [0.4, 0.5) is 4.39 Å². The van der Waals surface area contributed by atoms with E-state index in [1.54, 1.807) is 18.2 Å². The van der Waals surface area contributed by atoms with Crippen LogP contribution in [-0.2, 0) is 9.84 Å². The van der Waals surface area contributed by atoms with E-state index in [0.29, 0.717) is 0 Å². The summed E-state index contributed by atoms with van der Waals surface area (Å²) in [7, 11) is -3.74. The Hall–Kier alpha value is -2.01. The number of carbonyl (C=O) groups is 1. The second kappa shape index (κ2) is 5.54. The van der Waals surface area contributed by atoms with Gasteiger partial charge < -0.3 is 0 Å². The fraction of sp³-hybridized carbons (Fsp3) is 0.133. The Kier molecular flexibility index (Phi) is 3.99. The van der Waals surface area contributed by atoms with E-state index in [9.17, 15) is 17.6 Å². The van der Waals surface area contributed by atoms with Crippen molar-refractivity contribution < 1.29 is 17.6 Å². The third-order valence-electron chi connectivity index (χ3n) is 3.04. The van der Waals surface area contributed by atoms with Crippen molar-refractivity contribution in [2.75, 3.05) is 0 Å². The Morgan fingerprint density at radius 1 is 1.00 bits per heavy atom. The van der Waals surface area contributed by atoms with Gasteiger partial charge >= 0.3 is 0 Å². The predicted octanol–water partition coefficient (Wildman–Crippen LogP) is 2.87. The van der Waals surface area contributed by atoms with Crippen molar-refractivity contribution >= 4 is 15.6 Å². The van der Waals surface area contributed by atoms with Crippen molar-refractivity contribution in [3.8, 4) is 0 Å². The highest BCUT2D eigenvalue weighted by Crippen LogP contribution is 2.19. The molecule has 2 rings (SSSR count). The fourth-order valence-corrected chi connectivity index (χ4v) is 3.17. The van der Waals surface area contributed by atoms with Gasteiger partial charge in [0.15, 0.2) is 15.6 Å². The summed E-state index contributed by atoms with van der Waals surface area (Å²) in [6.45, 7) is 1.34. The molecule has 0 spiro atoms. The van der Waals surface area contributed by atoms with Gasteiger partial charge in [0.2, 0.25) is 0 Å². The van der Waals surface area contributed by atoms with E-state index >= 15 is 0 Å². The Morgan fingerprint density at radius 3 is 2.10 bits per heavy atom. The molecule has 1 atom stereocenters. The van der Waals surface area contributed by atoms with Crippen LogP contribution in [0.5, 0.6) is 0 Å². The third kappa shape index (κ3) is 2.77. The lowest BCUT2D eigenvalue weighted by atomic mass is 10.1. The number of rotatable bonds is 4. The van der Waals surface area contributed by atoms with Crippen molar-refractivity contribution in [3.63, 3.8) is 0 Å². The summed E-state index contributed by atoms with van der Waals surface area (Å²) in [6.07, 6.45) is 0. The fourth-order valence-electron chi connectivity index (χ4n) is 1.80. The summed E-state index contributed by atoms with van der Waals surface area (Å²) in [5.41, 5.74) is 0.179. The van der Waals surface area contributed by atoms with Gasteiger partial charge in [-0.15, -0.1) is 0 Å². The van der Waals surface area contributed by atoms with Crippen molar-refractivity contribution in [3.05, 3.63) is 66.0 Å². The summed E-state index contributed by atoms with van der Waals surface area (Å²) < 4.78 is 37.5. The molecular formula is C15H13FO3S. The number of ketones is 1. The van der Waals surface area contributed by atoms with Gasteiger partial charge in [-0.3, -0.25) is 4.79 Å². The molecule has 0 heterocycles. The molecule has 0 saturated carbocycles. The zero-order valence-electron chi connectivity index (χ0n) is 10.8. The molecule has 0 saturated heterocycles. The van der Waals surface area contributed by atoms with Crippen LogP contribution >= 0.6 is 0 Å². The van der Waals surface area contributed by atoms with Gasteiger partial charge in [0, 0.05) is 5.56 Å². The SMILES string of the molecule is CC(C(=O)c1ccc(F)cc1)S(=O)(=O)c1ccccc1. The van der Waals surface area contributed by atoms with E-state index in [1.165, 1.54) is 31.2 Å². The minimum atomic E-state index is -3.74. The lowest BCUT2D eigenvalue weighted by Gasteiger charge is -2.12. The van der Waals surface area contributed by atoms with Gasteiger partial charge in [-0.05, 0) is 43.3 Å². The van der Waals surface area contributed by atoms with Crippen LogP contribution in [-0.4, -0.2) is 19.5 Å². The number of Topliss-reactive ketones (excluding diaryl/α,β-unsaturated/α-hetero) is 1. The van der Waals surface area contributed by atoms with Gasteiger partial charge in [-0.2, -0.15) is 0 Å². The van der Waals surface area contributed by atoms with Crippen LogP contribution in [0.1, 0.15) is 17.3 Å². The van der Waals surface area contributed by atoms with E-state index in [4.69, 9.17) is 0 Å². The van der Waals surface area contributed by atoms with Crippen LogP contribution in [0.25, 0.3) is 0 Å². The lowest BCUT2D eigenvalue weighted by Crippen LogP contribution is -2.27. The molecule has 0 aliphatic rings. The minimum absolute atomic E-state index is 0.1000. The molecule has 20 heavy (non-hydrogen) atoms. The quantitative estimate of drug-likeness (QED) is 0.814. The Morgan fingerprint density at radius 2 is 1.55 bits per heavy atom. The molecule has 0 N–H and O–H groups in total. The minimum Gasteiger partial charge on any atom is -0.293 e. The van der Waals surface area contributed by atoms with E-state index in [0.717, 1.165) is 12.1 Å². The molecule has 3 nitrogen and oxygen atoms in total. The summed E-state index contributed by atoms with van der Waals surface area (Å²) >= 11 is 0. The van der Waals surface area contributed by atoms with E-state index in [2.05, 4.69) is 0 Å². The van der Waals surface area contributed by atoms with Crippen molar-refractivity contribution in [1.29, 1.82) is 0 Å². The van der Waals surface area contributed by atoms with Crippen LogP contribution in [0.3, 0.4) is 0 Å². The third-order valence-corrected chi connectivity index (χ3v) is 5.11. The van der Waals surface area contributed by atoms with E-state index < -0.39 is 26.7 Å². The zero-order valence-corrected chi connectivity index (χ0v) is 11.6. The summed E-state index contributed by atoms with van der Waals surface area (Å²) in [5, 5.41) is -1.21. The predicted molar refractivity (Wildman–Crippen MR) is 73.8 cm³/mol. The lowest BCUT2D eigenvalue weighted by molar-refractivity contribution is 0.0991. The first-order chi connectivity index (χ1) is 9.43. The molecule has 104 valence electrons. The molecule has 0 radical (unpaired) electrons. The molecule has 5 heteroatoms. The van der Waals surface area contributed by atoms with Crippen LogP contribution in [0.2, 0.25) is 0 Å². The molecule has 2 aromatic rings. The number of benzene rings is 2. The van der Waals surface area contributed by atoms with Crippen LogP contribution in [0.15, 0.2) is 59.5 Å². The number of hydrogen-bond acceptors (Lipinski definition) is 3. The Bertz CT molecular complexity index is 707. The first-order valence-electron chi connectivity index (χ1n) is 6.01. The second-order valence-corrected chi connectivity index (χ2v) is 6.64. The molecular weight excluding hydrogens is 279 g/mol. The van der Waals surface area contributed by atoms with Gasteiger partial charge in [-0.25, -0.2) is 12.8 Å². The van der Waals surface area contributed by atoms with Crippen molar-refractivity contribution in [1.82, 2.24) is 0 Å². The number of carbonyl (C=O) groups excluding carboxylic acids is 1. The van der Waals surface area contributed by atoms with Gasteiger partial charge in [0.1, 0.15) is 11.1 Å². The van der Waals surface area contributed by atoms with E-state index in [1.807, 2.05) is 0 Å². The molecule has 0 amide bonds. The van der Waals surface area contributed by atoms with Gasteiger partial charge in [-0.1, -0.05) is 18.2 Å². The molecule has 2 aromatic carbocycles. The van der Waals surface area contributed by atoms with Gasteiger partial charge in [0.05, 0.1) is 4.90 Å². The molecule has 0 aliphatic heterocycles. The molecule has 1 unspecified atom stereocenters. The first-order valence-corrected chi connectivity index (χ1v) is 7.56. The van der Waals surface area contributed by atoms with E-state index in [-0.39, 0.29) is 10.5 Å². The standard InChI is InChI=1S/C15H13FO3S/c1-11(15(17)12-7-9-13(16)10-8-12)20(18,19)14-5-3-2-4-6-14/h2-11H,1H3. The van der Waals surface area contributed by atoms with Crippen molar-refractivity contribution in [2.45, 2.75) is 17.1 Å². The normalized spacial score (nSPS) is 12.9. The summed E-state index contributed by atoms with van der Waals surface area (Å²) in [4.78, 5) is 12.3. The van der Waals surface area contributed by atoms with Crippen LogP contribution in [0, 0.1) is 5.82 Å². The molecule has 0 bridgehead atoms. The molecule has 0 fully saturated rings. The number of hydrogen-bond donors (Lipinski definition) is 0. The summed E-state index contributed by atoms with van der Waals surface area (Å²) in [5.74, 6) is -1.02. The molecule has 0 aliphatic carbocycles. The zero-order chi connectivity index (χ0) is 14.8. The number of sulfone groups is 1.